The van der Waals surface area contributed by atoms with E-state index < -0.39 is 0 Å². The molecule has 0 amide bonds. The van der Waals surface area contributed by atoms with Crippen molar-refractivity contribution in [1.82, 2.24) is 19.4 Å². The quantitative estimate of drug-likeness (QED) is 0.683. The van der Waals surface area contributed by atoms with Crippen molar-refractivity contribution in [2.75, 3.05) is 26.2 Å². The summed E-state index contributed by atoms with van der Waals surface area (Å²) in [5.74, 6) is 1.95. The maximum atomic E-state index is 9.56. The highest BCUT2D eigenvalue weighted by Crippen LogP contribution is 2.20. The molecule has 0 spiro atoms. The van der Waals surface area contributed by atoms with E-state index in [1.807, 2.05) is 25.3 Å². The van der Waals surface area contributed by atoms with Crippen LogP contribution in [-0.4, -0.2) is 56.7 Å². The number of aromatic nitrogens is 2. The third-order valence-corrected chi connectivity index (χ3v) is 5.45. The van der Waals surface area contributed by atoms with Crippen LogP contribution in [0, 0.1) is 6.92 Å². The molecule has 1 atom stereocenters. The highest BCUT2D eigenvalue weighted by molar-refractivity contribution is 5.32. The smallest absolute Gasteiger partial charge is 0.118 e. The summed E-state index contributed by atoms with van der Waals surface area (Å²) in [4.78, 5) is 9.15. The summed E-state index contributed by atoms with van der Waals surface area (Å²) in [6, 6.07) is 12.7. The molecular weight excluding hydrogens is 352 g/mol. The number of piperazine rings is 1. The van der Waals surface area contributed by atoms with Crippen molar-refractivity contribution in [3.63, 3.8) is 0 Å². The zero-order valence-electron chi connectivity index (χ0n) is 16.4. The van der Waals surface area contributed by atoms with Gasteiger partial charge >= 0.3 is 0 Å². The van der Waals surface area contributed by atoms with E-state index in [1.165, 1.54) is 5.69 Å². The van der Waals surface area contributed by atoms with Crippen molar-refractivity contribution >= 4 is 0 Å². The average Bonchev–Trinajstić information content (AvgIpc) is 3.33. The molecule has 1 N–H and O–H groups in total. The van der Waals surface area contributed by atoms with Gasteiger partial charge in [0.2, 0.25) is 0 Å². The molecule has 3 aromatic rings. The third-order valence-electron chi connectivity index (χ3n) is 5.45. The van der Waals surface area contributed by atoms with E-state index in [4.69, 9.17) is 4.42 Å². The van der Waals surface area contributed by atoms with Crippen LogP contribution < -0.4 is 0 Å². The van der Waals surface area contributed by atoms with E-state index in [0.717, 1.165) is 56.4 Å². The van der Waals surface area contributed by atoms with E-state index in [0.29, 0.717) is 6.04 Å². The number of aliphatic hydroxyl groups excluding tert-OH is 1. The van der Waals surface area contributed by atoms with Crippen LogP contribution in [0.3, 0.4) is 0 Å². The van der Waals surface area contributed by atoms with Crippen molar-refractivity contribution in [1.29, 1.82) is 0 Å². The predicted octanol–water partition coefficient (Wildman–Crippen LogP) is 2.84. The number of furan rings is 1. The van der Waals surface area contributed by atoms with Crippen LogP contribution in [0.4, 0.5) is 0 Å². The summed E-state index contributed by atoms with van der Waals surface area (Å²) in [6.07, 6.45) is 6.56. The van der Waals surface area contributed by atoms with Crippen LogP contribution >= 0.6 is 0 Å². The third kappa shape index (κ3) is 4.35. The van der Waals surface area contributed by atoms with Gasteiger partial charge in [-0.15, -0.1) is 0 Å². The van der Waals surface area contributed by atoms with Gasteiger partial charge in [-0.1, -0.05) is 0 Å². The molecule has 1 aliphatic heterocycles. The van der Waals surface area contributed by atoms with Crippen LogP contribution in [0.15, 0.2) is 59.4 Å². The molecule has 0 unspecified atom stereocenters. The van der Waals surface area contributed by atoms with Gasteiger partial charge in [-0.05, 0) is 49.7 Å². The van der Waals surface area contributed by atoms with Gasteiger partial charge in [-0.25, -0.2) is 0 Å². The molecule has 6 nitrogen and oxygen atoms in total. The Labute approximate surface area is 166 Å². The lowest BCUT2D eigenvalue weighted by Gasteiger charge is -2.41. The molecule has 4 rings (SSSR count). The molecule has 1 aliphatic rings. The van der Waals surface area contributed by atoms with Gasteiger partial charge < -0.3 is 14.1 Å². The first-order chi connectivity index (χ1) is 13.7. The summed E-state index contributed by atoms with van der Waals surface area (Å²) >= 11 is 0. The zero-order chi connectivity index (χ0) is 19.3. The highest BCUT2D eigenvalue weighted by atomic mass is 16.3. The van der Waals surface area contributed by atoms with Gasteiger partial charge in [0.1, 0.15) is 11.5 Å². The molecule has 3 aromatic heterocycles. The van der Waals surface area contributed by atoms with Gasteiger partial charge in [0.05, 0.1) is 18.4 Å². The molecule has 6 heteroatoms. The fourth-order valence-electron chi connectivity index (χ4n) is 4.02. The normalized spacial score (nSPS) is 18.6. The fraction of sp³-hybridized carbons (Fsp3) is 0.409. The van der Waals surface area contributed by atoms with Crippen molar-refractivity contribution in [2.45, 2.75) is 32.5 Å². The molecule has 0 bridgehead atoms. The number of pyridine rings is 1. The van der Waals surface area contributed by atoms with Gasteiger partial charge in [-0.2, -0.15) is 0 Å². The van der Waals surface area contributed by atoms with Crippen LogP contribution in [0.5, 0.6) is 0 Å². The second kappa shape index (κ2) is 8.73. The Kier molecular flexibility index (Phi) is 5.90. The lowest BCUT2D eigenvalue weighted by molar-refractivity contribution is 0.0447. The van der Waals surface area contributed by atoms with Gasteiger partial charge in [-0.3, -0.25) is 14.8 Å². The standard InChI is InChI=1S/C22H28N4O2/c1-18-6-7-22(28-18)17-25-12-11-24(15-20(25)8-13-27)16-21-5-3-10-26(21)19-4-2-9-23-14-19/h2-7,9-10,14,20,27H,8,11-13,15-17H2,1H3/t20-/m0/s1. The van der Waals surface area contributed by atoms with Crippen molar-refractivity contribution in [2.24, 2.45) is 0 Å². The minimum atomic E-state index is 0.207. The van der Waals surface area contributed by atoms with E-state index in [9.17, 15) is 5.11 Å². The molecule has 1 fully saturated rings. The van der Waals surface area contributed by atoms with E-state index in [-0.39, 0.29) is 6.61 Å². The topological polar surface area (TPSA) is 57.7 Å². The number of aliphatic hydroxyl groups is 1. The van der Waals surface area contributed by atoms with E-state index >= 15 is 0 Å². The Bertz CT molecular complexity index is 874. The molecular formula is C22H28N4O2. The second-order valence-corrected chi connectivity index (χ2v) is 7.46. The van der Waals surface area contributed by atoms with Crippen LogP contribution in [-0.2, 0) is 13.1 Å². The fourth-order valence-corrected chi connectivity index (χ4v) is 4.02. The lowest BCUT2D eigenvalue weighted by atomic mass is 10.1. The first kappa shape index (κ1) is 18.9. The second-order valence-electron chi connectivity index (χ2n) is 7.46. The Morgan fingerprint density at radius 3 is 2.82 bits per heavy atom. The highest BCUT2D eigenvalue weighted by Gasteiger charge is 2.27. The SMILES string of the molecule is Cc1ccc(CN2CCN(Cc3cccn3-c3cccnc3)C[C@@H]2CCO)o1. The summed E-state index contributed by atoms with van der Waals surface area (Å²) in [6.45, 7) is 6.79. The van der Waals surface area contributed by atoms with Crippen LogP contribution in [0.1, 0.15) is 23.6 Å². The maximum Gasteiger partial charge on any atom is 0.118 e. The Morgan fingerprint density at radius 1 is 1.14 bits per heavy atom. The summed E-state index contributed by atoms with van der Waals surface area (Å²) in [5.41, 5.74) is 2.34. The van der Waals surface area contributed by atoms with Gasteiger partial charge in [0.15, 0.2) is 0 Å². The Morgan fingerprint density at radius 2 is 2.07 bits per heavy atom. The van der Waals surface area contributed by atoms with Crippen molar-refractivity contribution in [3.05, 3.63) is 72.2 Å². The minimum Gasteiger partial charge on any atom is -0.465 e. The summed E-state index contributed by atoms with van der Waals surface area (Å²) in [5, 5.41) is 9.56. The predicted molar refractivity (Wildman–Crippen MR) is 108 cm³/mol. The number of rotatable bonds is 7. The monoisotopic (exact) mass is 380 g/mol. The average molecular weight is 380 g/mol. The van der Waals surface area contributed by atoms with E-state index in [1.54, 1.807) is 6.20 Å². The molecule has 4 heterocycles. The molecule has 148 valence electrons. The number of nitrogens with zero attached hydrogens (tertiary/aromatic N) is 4. The largest absolute Gasteiger partial charge is 0.465 e. The molecule has 1 saturated heterocycles. The van der Waals surface area contributed by atoms with Gasteiger partial charge in [0.25, 0.3) is 0 Å². The van der Waals surface area contributed by atoms with Crippen LogP contribution in [0.2, 0.25) is 0 Å². The summed E-state index contributed by atoms with van der Waals surface area (Å²) in [7, 11) is 0. The molecule has 28 heavy (non-hydrogen) atoms. The molecule has 0 radical (unpaired) electrons. The van der Waals surface area contributed by atoms with E-state index in [2.05, 4.69) is 49.8 Å². The van der Waals surface area contributed by atoms with Crippen molar-refractivity contribution in [3.8, 4) is 5.69 Å². The van der Waals surface area contributed by atoms with Crippen molar-refractivity contribution < 1.29 is 9.52 Å². The first-order valence-corrected chi connectivity index (χ1v) is 9.92. The summed E-state index contributed by atoms with van der Waals surface area (Å²) < 4.78 is 7.96. The number of hydrogen-bond donors (Lipinski definition) is 1. The molecule has 0 aromatic carbocycles. The first-order valence-electron chi connectivity index (χ1n) is 9.92. The van der Waals surface area contributed by atoms with Crippen LogP contribution in [0.25, 0.3) is 5.69 Å². The Hall–Kier alpha value is -2.41. The van der Waals surface area contributed by atoms with Gasteiger partial charge in [0, 0.05) is 56.9 Å². The number of aryl methyl sites for hydroxylation is 1. The zero-order valence-corrected chi connectivity index (χ0v) is 16.4. The minimum absolute atomic E-state index is 0.207. The Balaban J connectivity index is 1.43. The maximum absolute atomic E-state index is 9.56. The molecule has 0 aliphatic carbocycles. The number of hydrogen-bond acceptors (Lipinski definition) is 5. The molecule has 0 saturated carbocycles. The lowest BCUT2D eigenvalue weighted by Crippen LogP contribution is -2.52.